The molecule has 0 atom stereocenters. The Morgan fingerprint density at radius 1 is 1.29 bits per heavy atom. The van der Waals surface area contributed by atoms with Gasteiger partial charge in [-0.2, -0.15) is 5.10 Å². The molecule has 0 amide bonds. The molecule has 17 heavy (non-hydrogen) atoms. The number of nitrogens with zero attached hydrogens (tertiary/aromatic N) is 5. The van der Waals surface area contributed by atoms with Gasteiger partial charge < -0.3 is 4.90 Å². The van der Waals surface area contributed by atoms with E-state index in [1.54, 1.807) is 4.68 Å². The summed E-state index contributed by atoms with van der Waals surface area (Å²) < 4.78 is 1.77. The van der Waals surface area contributed by atoms with Gasteiger partial charge in [-0.05, 0) is 25.1 Å². The van der Waals surface area contributed by atoms with Gasteiger partial charge in [-0.3, -0.25) is 4.68 Å². The monoisotopic (exact) mass is 229 g/mol. The van der Waals surface area contributed by atoms with E-state index >= 15 is 0 Å². The number of likely N-dealkylation sites (N-methyl/N-ethyl adjacent to an activating group) is 1. The Labute approximate surface area is 100 Å². The van der Waals surface area contributed by atoms with Gasteiger partial charge >= 0.3 is 0 Å². The Kier molecular flexibility index (Phi) is 2.40. The minimum absolute atomic E-state index is 0.722. The lowest BCUT2D eigenvalue weighted by Gasteiger charge is -2.23. The second kappa shape index (κ2) is 3.92. The SMILES string of the molecule is CN1CCc2cnc(-c3ccn(C)n3)nc2C1. The Balaban J connectivity index is 2.00. The highest BCUT2D eigenvalue weighted by molar-refractivity contribution is 5.48. The number of aryl methyl sites for hydroxylation is 1. The van der Waals surface area contributed by atoms with Gasteiger partial charge in [-0.25, -0.2) is 9.97 Å². The van der Waals surface area contributed by atoms with E-state index in [0.717, 1.165) is 36.7 Å². The van der Waals surface area contributed by atoms with Crippen LogP contribution < -0.4 is 0 Å². The van der Waals surface area contributed by atoms with Crippen molar-refractivity contribution in [2.24, 2.45) is 7.05 Å². The summed E-state index contributed by atoms with van der Waals surface area (Å²) in [6, 6.07) is 1.94. The summed E-state index contributed by atoms with van der Waals surface area (Å²) >= 11 is 0. The molecule has 2 aromatic rings. The molecule has 5 heteroatoms. The van der Waals surface area contributed by atoms with Crippen LogP contribution in [-0.2, 0) is 20.0 Å². The summed E-state index contributed by atoms with van der Waals surface area (Å²) in [6.07, 6.45) is 4.89. The molecule has 0 aliphatic carbocycles. The molecule has 1 aliphatic heterocycles. The van der Waals surface area contributed by atoms with E-state index in [2.05, 4.69) is 27.0 Å². The molecule has 0 bridgehead atoms. The predicted octanol–water partition coefficient (Wildman–Crippen LogP) is 0.865. The normalized spacial score (nSPS) is 15.9. The largest absolute Gasteiger partial charge is 0.300 e. The average molecular weight is 229 g/mol. The molecule has 0 radical (unpaired) electrons. The van der Waals surface area contributed by atoms with Gasteiger partial charge in [0, 0.05) is 32.5 Å². The third kappa shape index (κ3) is 1.93. The minimum Gasteiger partial charge on any atom is -0.300 e. The molecular weight excluding hydrogens is 214 g/mol. The Morgan fingerprint density at radius 3 is 2.94 bits per heavy atom. The average Bonchev–Trinajstić information content (AvgIpc) is 2.75. The molecule has 1 aliphatic rings. The highest BCUT2D eigenvalue weighted by Crippen LogP contribution is 2.18. The lowest BCUT2D eigenvalue weighted by Crippen LogP contribution is -2.27. The molecule has 0 spiro atoms. The summed E-state index contributed by atoms with van der Waals surface area (Å²) in [4.78, 5) is 11.3. The van der Waals surface area contributed by atoms with Crippen molar-refractivity contribution in [3.63, 3.8) is 0 Å². The first-order valence-electron chi connectivity index (χ1n) is 5.76. The van der Waals surface area contributed by atoms with Crippen molar-refractivity contribution in [2.75, 3.05) is 13.6 Å². The summed E-state index contributed by atoms with van der Waals surface area (Å²) in [5.74, 6) is 0.722. The van der Waals surface area contributed by atoms with E-state index in [0.29, 0.717) is 0 Å². The van der Waals surface area contributed by atoms with Gasteiger partial charge in [0.05, 0.1) is 5.69 Å². The summed E-state index contributed by atoms with van der Waals surface area (Å²) in [7, 11) is 4.02. The molecule has 0 fully saturated rings. The standard InChI is InChI=1S/C12H15N5/c1-16-5-3-9-7-13-12(14-11(9)8-16)10-4-6-17(2)15-10/h4,6-7H,3,5,8H2,1-2H3. The Bertz CT molecular complexity index is 546. The van der Waals surface area contributed by atoms with Crippen LogP contribution >= 0.6 is 0 Å². The van der Waals surface area contributed by atoms with E-state index in [1.165, 1.54) is 5.56 Å². The molecule has 5 nitrogen and oxygen atoms in total. The molecule has 0 unspecified atom stereocenters. The maximum Gasteiger partial charge on any atom is 0.180 e. The molecular formula is C12H15N5. The summed E-state index contributed by atoms with van der Waals surface area (Å²) in [5.41, 5.74) is 3.24. The number of aromatic nitrogens is 4. The zero-order valence-corrected chi connectivity index (χ0v) is 10.1. The zero-order chi connectivity index (χ0) is 11.8. The van der Waals surface area contributed by atoms with Crippen LogP contribution in [0.15, 0.2) is 18.5 Å². The smallest absolute Gasteiger partial charge is 0.180 e. The maximum absolute atomic E-state index is 4.62. The van der Waals surface area contributed by atoms with Crippen molar-refractivity contribution in [2.45, 2.75) is 13.0 Å². The van der Waals surface area contributed by atoms with Crippen molar-refractivity contribution in [3.8, 4) is 11.5 Å². The molecule has 88 valence electrons. The Hall–Kier alpha value is -1.75. The van der Waals surface area contributed by atoms with Crippen LogP contribution in [0.25, 0.3) is 11.5 Å². The van der Waals surface area contributed by atoms with Crippen molar-refractivity contribution >= 4 is 0 Å². The van der Waals surface area contributed by atoms with E-state index in [-0.39, 0.29) is 0 Å². The molecule has 0 saturated carbocycles. The molecule has 0 N–H and O–H groups in total. The number of hydrogen-bond acceptors (Lipinski definition) is 4. The summed E-state index contributed by atoms with van der Waals surface area (Å²) in [6.45, 7) is 1.98. The van der Waals surface area contributed by atoms with E-state index in [4.69, 9.17) is 0 Å². The van der Waals surface area contributed by atoms with Crippen molar-refractivity contribution in [3.05, 3.63) is 29.7 Å². The van der Waals surface area contributed by atoms with Crippen molar-refractivity contribution in [1.29, 1.82) is 0 Å². The third-order valence-electron chi connectivity index (χ3n) is 3.08. The zero-order valence-electron chi connectivity index (χ0n) is 10.1. The molecule has 3 heterocycles. The van der Waals surface area contributed by atoms with Gasteiger partial charge in [0.25, 0.3) is 0 Å². The second-order valence-corrected chi connectivity index (χ2v) is 4.53. The molecule has 0 saturated heterocycles. The maximum atomic E-state index is 4.62. The first kappa shape index (κ1) is 10.4. The topological polar surface area (TPSA) is 46.8 Å². The van der Waals surface area contributed by atoms with Gasteiger partial charge in [-0.15, -0.1) is 0 Å². The van der Waals surface area contributed by atoms with Crippen LogP contribution in [0, 0.1) is 0 Å². The number of fused-ring (bicyclic) bond motifs is 1. The third-order valence-corrected chi connectivity index (χ3v) is 3.08. The fourth-order valence-corrected chi connectivity index (χ4v) is 2.09. The van der Waals surface area contributed by atoms with Gasteiger partial charge in [-0.1, -0.05) is 0 Å². The number of rotatable bonds is 1. The first-order valence-corrected chi connectivity index (χ1v) is 5.76. The molecule has 0 aromatic carbocycles. The fourth-order valence-electron chi connectivity index (χ4n) is 2.09. The van der Waals surface area contributed by atoms with Crippen LogP contribution in [0.2, 0.25) is 0 Å². The summed E-state index contributed by atoms with van der Waals surface area (Å²) in [5, 5.41) is 4.33. The highest BCUT2D eigenvalue weighted by atomic mass is 15.3. The van der Waals surface area contributed by atoms with Gasteiger partial charge in [0.2, 0.25) is 0 Å². The lowest BCUT2D eigenvalue weighted by molar-refractivity contribution is 0.307. The molecule has 2 aromatic heterocycles. The second-order valence-electron chi connectivity index (χ2n) is 4.53. The van der Waals surface area contributed by atoms with Gasteiger partial charge in [0.1, 0.15) is 5.69 Å². The van der Waals surface area contributed by atoms with Crippen LogP contribution in [0.5, 0.6) is 0 Å². The predicted molar refractivity (Wildman–Crippen MR) is 64.3 cm³/mol. The van der Waals surface area contributed by atoms with Gasteiger partial charge in [0.15, 0.2) is 5.82 Å². The van der Waals surface area contributed by atoms with Crippen LogP contribution in [0.4, 0.5) is 0 Å². The van der Waals surface area contributed by atoms with Crippen LogP contribution in [0.1, 0.15) is 11.3 Å². The van der Waals surface area contributed by atoms with Crippen molar-refractivity contribution < 1.29 is 0 Å². The first-order chi connectivity index (χ1) is 8.22. The highest BCUT2D eigenvalue weighted by Gasteiger charge is 2.16. The minimum atomic E-state index is 0.722. The van der Waals surface area contributed by atoms with Crippen LogP contribution in [-0.4, -0.2) is 38.2 Å². The van der Waals surface area contributed by atoms with E-state index in [1.807, 2.05) is 25.5 Å². The Morgan fingerprint density at radius 2 is 2.18 bits per heavy atom. The molecule has 3 rings (SSSR count). The van der Waals surface area contributed by atoms with Crippen LogP contribution in [0.3, 0.4) is 0 Å². The quantitative estimate of drug-likeness (QED) is 0.728. The van der Waals surface area contributed by atoms with E-state index in [9.17, 15) is 0 Å². The fraction of sp³-hybridized carbons (Fsp3) is 0.417. The van der Waals surface area contributed by atoms with E-state index < -0.39 is 0 Å². The van der Waals surface area contributed by atoms with Crippen molar-refractivity contribution in [1.82, 2.24) is 24.6 Å². The number of hydrogen-bond donors (Lipinski definition) is 0. The lowest BCUT2D eigenvalue weighted by atomic mass is 10.1.